The Morgan fingerprint density at radius 3 is 2.41 bits per heavy atom. The van der Waals surface area contributed by atoms with E-state index in [9.17, 15) is 9.59 Å². The molecule has 146 valence electrons. The van der Waals surface area contributed by atoms with Crippen LogP contribution in [0.15, 0.2) is 24.3 Å². The summed E-state index contributed by atoms with van der Waals surface area (Å²) in [6.07, 6.45) is 1.37. The van der Waals surface area contributed by atoms with Gasteiger partial charge in [-0.25, -0.2) is 0 Å². The van der Waals surface area contributed by atoms with Gasteiger partial charge >= 0.3 is 0 Å². The molecule has 2 amide bonds. The SMILES string of the molecule is Cc1ccccc1C(=O)NC(CC(C)C)C(=O)Nc1nnc(CC(C)C)s1. The Hall–Kier alpha value is -2.28. The van der Waals surface area contributed by atoms with Crippen LogP contribution in [-0.4, -0.2) is 28.1 Å². The van der Waals surface area contributed by atoms with E-state index in [2.05, 4.69) is 34.7 Å². The van der Waals surface area contributed by atoms with Gasteiger partial charge < -0.3 is 5.32 Å². The molecular formula is C20H28N4O2S. The molecule has 2 rings (SSSR count). The van der Waals surface area contributed by atoms with E-state index < -0.39 is 6.04 Å². The molecule has 27 heavy (non-hydrogen) atoms. The standard InChI is InChI=1S/C20H28N4O2S/c1-12(2)10-16(21-18(25)15-9-7-6-8-14(15)5)19(26)22-20-24-23-17(27-20)11-13(3)4/h6-9,12-13,16H,10-11H2,1-5H3,(H,21,25)(H,22,24,26). The number of benzene rings is 1. The van der Waals surface area contributed by atoms with Crippen molar-refractivity contribution in [3.8, 4) is 0 Å². The molecule has 0 saturated carbocycles. The van der Waals surface area contributed by atoms with E-state index in [1.807, 2.05) is 39.0 Å². The van der Waals surface area contributed by atoms with Crippen LogP contribution in [-0.2, 0) is 11.2 Å². The number of carbonyl (C=O) groups is 2. The number of nitrogens with one attached hydrogen (secondary N) is 2. The first kappa shape index (κ1) is 21.0. The van der Waals surface area contributed by atoms with Crippen LogP contribution in [0.2, 0.25) is 0 Å². The number of carbonyl (C=O) groups excluding carboxylic acids is 2. The molecule has 7 heteroatoms. The van der Waals surface area contributed by atoms with Gasteiger partial charge in [-0.2, -0.15) is 0 Å². The molecule has 1 heterocycles. The normalized spacial score (nSPS) is 12.3. The van der Waals surface area contributed by atoms with E-state index in [1.54, 1.807) is 6.07 Å². The summed E-state index contributed by atoms with van der Waals surface area (Å²) in [4.78, 5) is 25.4. The van der Waals surface area contributed by atoms with Gasteiger partial charge in [-0.15, -0.1) is 10.2 Å². The average Bonchev–Trinajstić information content (AvgIpc) is 3.00. The zero-order chi connectivity index (χ0) is 20.0. The summed E-state index contributed by atoms with van der Waals surface area (Å²) >= 11 is 1.38. The average molecular weight is 389 g/mol. The van der Waals surface area contributed by atoms with Crippen molar-refractivity contribution in [3.05, 3.63) is 40.4 Å². The predicted molar refractivity (Wildman–Crippen MR) is 109 cm³/mol. The van der Waals surface area contributed by atoms with E-state index in [1.165, 1.54) is 11.3 Å². The van der Waals surface area contributed by atoms with Crippen molar-refractivity contribution in [2.45, 2.75) is 53.5 Å². The lowest BCUT2D eigenvalue weighted by Crippen LogP contribution is -2.44. The van der Waals surface area contributed by atoms with Crippen molar-refractivity contribution in [2.24, 2.45) is 11.8 Å². The summed E-state index contributed by atoms with van der Waals surface area (Å²) in [7, 11) is 0. The zero-order valence-corrected chi connectivity index (χ0v) is 17.4. The molecule has 0 fully saturated rings. The Kier molecular flexibility index (Phi) is 7.47. The Balaban J connectivity index is 2.08. The number of aryl methyl sites for hydroxylation is 1. The lowest BCUT2D eigenvalue weighted by atomic mass is 10.0. The van der Waals surface area contributed by atoms with Crippen molar-refractivity contribution >= 4 is 28.3 Å². The van der Waals surface area contributed by atoms with Crippen molar-refractivity contribution < 1.29 is 9.59 Å². The van der Waals surface area contributed by atoms with E-state index in [-0.39, 0.29) is 17.7 Å². The molecule has 1 atom stereocenters. The van der Waals surface area contributed by atoms with Gasteiger partial charge in [0.05, 0.1) is 0 Å². The summed E-state index contributed by atoms with van der Waals surface area (Å²) in [5.41, 5.74) is 1.45. The highest BCUT2D eigenvalue weighted by atomic mass is 32.1. The molecule has 0 aliphatic rings. The number of nitrogens with zero attached hydrogens (tertiary/aromatic N) is 2. The molecule has 0 bridgehead atoms. The molecule has 6 nitrogen and oxygen atoms in total. The fourth-order valence-corrected chi connectivity index (χ4v) is 3.65. The van der Waals surface area contributed by atoms with Gasteiger partial charge in [0.1, 0.15) is 11.0 Å². The molecule has 0 aliphatic heterocycles. The highest BCUT2D eigenvalue weighted by Crippen LogP contribution is 2.19. The molecule has 2 N–H and O–H groups in total. The number of amides is 2. The second-order valence-corrected chi connectivity index (χ2v) is 8.62. The molecular weight excluding hydrogens is 360 g/mol. The van der Waals surface area contributed by atoms with Gasteiger partial charge in [0.25, 0.3) is 5.91 Å². The fraction of sp³-hybridized carbons (Fsp3) is 0.500. The van der Waals surface area contributed by atoms with Gasteiger partial charge in [-0.1, -0.05) is 57.2 Å². The third kappa shape index (κ3) is 6.43. The van der Waals surface area contributed by atoms with Crippen LogP contribution in [0, 0.1) is 18.8 Å². The molecule has 0 radical (unpaired) electrons. The summed E-state index contributed by atoms with van der Waals surface area (Å²) in [5, 5.41) is 15.2. The van der Waals surface area contributed by atoms with E-state index in [4.69, 9.17) is 0 Å². The van der Waals surface area contributed by atoms with E-state index >= 15 is 0 Å². The van der Waals surface area contributed by atoms with E-state index in [0.717, 1.165) is 17.0 Å². The van der Waals surface area contributed by atoms with Crippen molar-refractivity contribution in [1.29, 1.82) is 0 Å². The van der Waals surface area contributed by atoms with Crippen molar-refractivity contribution in [3.63, 3.8) is 0 Å². The molecule has 0 aliphatic carbocycles. The first-order valence-corrected chi connectivity index (χ1v) is 10.1. The lowest BCUT2D eigenvalue weighted by molar-refractivity contribution is -0.118. The van der Waals surface area contributed by atoms with Gasteiger partial charge in [0, 0.05) is 12.0 Å². The smallest absolute Gasteiger partial charge is 0.252 e. The molecule has 1 unspecified atom stereocenters. The number of hydrogen-bond donors (Lipinski definition) is 2. The van der Waals surface area contributed by atoms with Crippen LogP contribution in [0.3, 0.4) is 0 Å². The third-order valence-electron chi connectivity index (χ3n) is 4.00. The van der Waals surface area contributed by atoms with Gasteiger partial charge in [0.2, 0.25) is 11.0 Å². The second kappa shape index (κ2) is 9.60. The molecule has 0 saturated heterocycles. The zero-order valence-electron chi connectivity index (χ0n) is 16.6. The van der Waals surface area contributed by atoms with Crippen LogP contribution in [0.25, 0.3) is 0 Å². The molecule has 0 spiro atoms. The maximum atomic E-state index is 12.7. The number of aromatic nitrogens is 2. The summed E-state index contributed by atoms with van der Waals surface area (Å²) in [6, 6.07) is 6.71. The topological polar surface area (TPSA) is 84.0 Å². The summed E-state index contributed by atoms with van der Waals surface area (Å²) in [5.74, 6) is 0.219. The van der Waals surface area contributed by atoms with Crippen LogP contribution in [0.5, 0.6) is 0 Å². The van der Waals surface area contributed by atoms with E-state index in [0.29, 0.717) is 23.0 Å². The number of rotatable bonds is 8. The maximum absolute atomic E-state index is 12.7. The molecule has 1 aromatic heterocycles. The Morgan fingerprint density at radius 1 is 1.07 bits per heavy atom. The number of anilines is 1. The maximum Gasteiger partial charge on any atom is 0.252 e. The van der Waals surface area contributed by atoms with Crippen molar-refractivity contribution in [1.82, 2.24) is 15.5 Å². The fourth-order valence-electron chi connectivity index (χ4n) is 2.69. The quantitative estimate of drug-likeness (QED) is 0.720. The summed E-state index contributed by atoms with van der Waals surface area (Å²) < 4.78 is 0. The van der Waals surface area contributed by atoms with Gasteiger partial charge in [-0.05, 0) is 36.8 Å². The Bertz CT molecular complexity index is 786. The largest absolute Gasteiger partial charge is 0.340 e. The van der Waals surface area contributed by atoms with Gasteiger partial charge in [0.15, 0.2) is 0 Å². The Morgan fingerprint density at radius 2 is 1.78 bits per heavy atom. The second-order valence-electron chi connectivity index (χ2n) is 7.56. The monoisotopic (exact) mass is 388 g/mol. The molecule has 2 aromatic rings. The van der Waals surface area contributed by atoms with Crippen LogP contribution >= 0.6 is 11.3 Å². The summed E-state index contributed by atoms with van der Waals surface area (Å²) in [6.45, 7) is 10.1. The first-order valence-electron chi connectivity index (χ1n) is 9.26. The van der Waals surface area contributed by atoms with Crippen LogP contribution in [0.4, 0.5) is 5.13 Å². The molecule has 1 aromatic carbocycles. The Labute approximate surface area is 164 Å². The highest BCUT2D eigenvalue weighted by Gasteiger charge is 2.24. The first-order chi connectivity index (χ1) is 12.8. The number of hydrogen-bond acceptors (Lipinski definition) is 5. The minimum atomic E-state index is -0.630. The lowest BCUT2D eigenvalue weighted by Gasteiger charge is -2.20. The third-order valence-corrected chi connectivity index (χ3v) is 4.86. The minimum Gasteiger partial charge on any atom is -0.340 e. The van der Waals surface area contributed by atoms with Crippen LogP contribution in [0.1, 0.15) is 55.0 Å². The van der Waals surface area contributed by atoms with Gasteiger partial charge in [-0.3, -0.25) is 14.9 Å². The minimum absolute atomic E-state index is 0.244. The van der Waals surface area contributed by atoms with Crippen LogP contribution < -0.4 is 10.6 Å². The highest BCUT2D eigenvalue weighted by molar-refractivity contribution is 7.15. The predicted octanol–water partition coefficient (Wildman–Crippen LogP) is 3.83. The van der Waals surface area contributed by atoms with Crippen molar-refractivity contribution in [2.75, 3.05) is 5.32 Å².